The van der Waals surface area contributed by atoms with E-state index < -0.39 is 157 Å². The smallest absolute Gasteiger partial charge is 0.335 e. The molecule has 6 fully saturated rings. The van der Waals surface area contributed by atoms with Gasteiger partial charge in [-0.25, -0.2) is 4.79 Å². The molecule has 0 aromatic rings. The van der Waals surface area contributed by atoms with Crippen molar-refractivity contribution in [2.45, 2.75) is 198 Å². The van der Waals surface area contributed by atoms with E-state index in [0.29, 0.717) is 25.7 Å². The zero-order chi connectivity index (χ0) is 50.0. The van der Waals surface area contributed by atoms with Gasteiger partial charge in [0.25, 0.3) is 0 Å². The number of rotatable bonds is 10. The zero-order valence-electron chi connectivity index (χ0n) is 39.8. The molecular formula is C48H74O20. The molecule has 3 saturated heterocycles. The average molecular weight is 971 g/mol. The molecule has 3 saturated carbocycles. The van der Waals surface area contributed by atoms with Crippen molar-refractivity contribution in [2.75, 3.05) is 13.2 Å². The van der Waals surface area contributed by atoms with Crippen molar-refractivity contribution in [3.63, 3.8) is 0 Å². The summed E-state index contributed by atoms with van der Waals surface area (Å²) in [5.41, 5.74) is -2.76. The molecule has 0 radical (unpaired) electrons. The van der Waals surface area contributed by atoms with E-state index >= 15 is 0 Å². The summed E-state index contributed by atoms with van der Waals surface area (Å²) in [6.45, 7) is 13.6. The van der Waals surface area contributed by atoms with Gasteiger partial charge in [0.15, 0.2) is 25.0 Å². The monoisotopic (exact) mass is 970 g/mol. The SMILES string of the molecule is CC1(C)CC2C3=CCC4C5(C)CCC(OC6OC(C(=O)O)C(O)C(O)C6OC6OC(CO)C(O)C(O)C6O)C(C)(C)C5CCC4(C)C3(C)C=CC2(C(=O)O)CC1OC1OC(CO)C(O)C(O)C1O. The van der Waals surface area contributed by atoms with Crippen molar-refractivity contribution in [3.05, 3.63) is 23.8 Å². The summed E-state index contributed by atoms with van der Waals surface area (Å²) in [5, 5.41) is 126. The maximum Gasteiger partial charge on any atom is 0.335 e. The fourth-order valence-electron chi connectivity index (χ4n) is 14.6. The molecular weight excluding hydrogens is 897 g/mol. The fourth-order valence-corrected chi connectivity index (χ4v) is 14.6. The minimum atomic E-state index is -1.99. The van der Waals surface area contributed by atoms with Crippen LogP contribution in [0.4, 0.5) is 0 Å². The number of carboxylic acids is 2. The first kappa shape index (κ1) is 52.1. The van der Waals surface area contributed by atoms with Gasteiger partial charge in [0.05, 0.1) is 30.8 Å². The molecule has 3 aliphatic heterocycles. The highest BCUT2D eigenvalue weighted by Crippen LogP contribution is 2.75. The maximum absolute atomic E-state index is 13.7. The molecule has 0 aromatic heterocycles. The Morgan fingerprint density at radius 3 is 1.76 bits per heavy atom. The third-order valence-electron chi connectivity index (χ3n) is 19.0. The first-order chi connectivity index (χ1) is 31.6. The highest BCUT2D eigenvalue weighted by molar-refractivity contribution is 5.80. The Bertz CT molecular complexity index is 1960. The third kappa shape index (κ3) is 7.86. The maximum atomic E-state index is 13.7. The summed E-state index contributed by atoms with van der Waals surface area (Å²) >= 11 is 0. The lowest BCUT2D eigenvalue weighted by Gasteiger charge is -2.70. The van der Waals surface area contributed by atoms with Crippen LogP contribution in [0, 0.1) is 50.2 Å². The van der Waals surface area contributed by atoms with Crippen LogP contribution in [0.2, 0.25) is 0 Å². The molecule has 20 nitrogen and oxygen atoms in total. The van der Waals surface area contributed by atoms with Crippen LogP contribution >= 0.6 is 0 Å². The van der Waals surface area contributed by atoms with Gasteiger partial charge < -0.3 is 89.7 Å². The molecule has 20 heteroatoms. The van der Waals surface area contributed by atoms with E-state index in [1.54, 1.807) is 0 Å². The van der Waals surface area contributed by atoms with E-state index in [0.717, 1.165) is 18.4 Å². The summed E-state index contributed by atoms with van der Waals surface area (Å²) in [7, 11) is 0. The second-order valence-corrected chi connectivity index (χ2v) is 23.1. The Kier molecular flexibility index (Phi) is 13.8. The molecule has 0 bridgehead atoms. The van der Waals surface area contributed by atoms with Crippen LogP contribution in [-0.4, -0.2) is 191 Å². The van der Waals surface area contributed by atoms with E-state index in [2.05, 4.69) is 46.8 Å². The normalized spacial score (nSPS) is 52.9. The molecule has 0 spiro atoms. The number of aliphatic hydroxyl groups is 10. The number of hydrogen-bond donors (Lipinski definition) is 12. The molecule has 0 amide bonds. The number of carboxylic acid groups (broad SMARTS) is 2. The van der Waals surface area contributed by atoms with E-state index in [1.165, 1.54) is 0 Å². The van der Waals surface area contributed by atoms with Crippen molar-refractivity contribution in [1.29, 1.82) is 0 Å². The van der Waals surface area contributed by atoms with Crippen LogP contribution in [0.1, 0.15) is 93.4 Å². The predicted octanol–water partition coefficient (Wildman–Crippen LogP) is -0.455. The summed E-state index contributed by atoms with van der Waals surface area (Å²) in [6.07, 6.45) is -16.5. The number of fused-ring (bicyclic) bond motifs is 7. The molecule has 24 unspecified atom stereocenters. The van der Waals surface area contributed by atoms with Crippen molar-refractivity contribution in [2.24, 2.45) is 50.2 Å². The standard InChI is InChI=1S/C48H74O20/c1-43(2)16-21-20-8-9-25-45(5)12-11-26(65-41-37(33(56)32(55)36(67-41)38(59)60)68-40-35(58)31(54)29(52)23(19-50)64-40)44(3,4)24(45)10-13-47(25,7)46(20,6)14-15-48(21,42(61)62)17-27(43)66-39-34(57)30(53)28(51)22(18-49)63-39/h8,14-15,21-37,39-41,49-58H,9-13,16-19H2,1-7H3,(H,59,60)(H,61,62). The second kappa shape index (κ2) is 18.1. The quantitative estimate of drug-likeness (QED) is 0.0974. The van der Waals surface area contributed by atoms with E-state index in [9.17, 15) is 70.9 Å². The van der Waals surface area contributed by atoms with Gasteiger partial charge in [-0.2, -0.15) is 0 Å². The van der Waals surface area contributed by atoms with Gasteiger partial charge in [0, 0.05) is 11.3 Å². The Morgan fingerprint density at radius 1 is 0.632 bits per heavy atom. The van der Waals surface area contributed by atoms with E-state index in [1.807, 2.05) is 19.9 Å². The largest absolute Gasteiger partial charge is 0.481 e. The van der Waals surface area contributed by atoms with Gasteiger partial charge in [0.1, 0.15) is 67.1 Å². The average Bonchev–Trinajstić information content (AvgIpc) is 3.27. The highest BCUT2D eigenvalue weighted by atomic mass is 16.8. The molecule has 8 rings (SSSR count). The van der Waals surface area contributed by atoms with Crippen LogP contribution in [0.5, 0.6) is 0 Å². The van der Waals surface area contributed by atoms with Crippen molar-refractivity contribution >= 4 is 11.9 Å². The first-order valence-corrected chi connectivity index (χ1v) is 24.1. The molecule has 3 heterocycles. The lowest BCUT2D eigenvalue weighted by molar-refractivity contribution is -0.374. The third-order valence-corrected chi connectivity index (χ3v) is 19.0. The van der Waals surface area contributed by atoms with Crippen LogP contribution in [0.3, 0.4) is 0 Å². The van der Waals surface area contributed by atoms with Crippen LogP contribution in [0.25, 0.3) is 0 Å². The summed E-state index contributed by atoms with van der Waals surface area (Å²) in [6, 6.07) is 0. The number of carbonyl (C=O) groups is 2. The predicted molar refractivity (Wildman–Crippen MR) is 232 cm³/mol. The van der Waals surface area contributed by atoms with Gasteiger partial charge in [-0.1, -0.05) is 72.3 Å². The minimum Gasteiger partial charge on any atom is -0.481 e. The van der Waals surface area contributed by atoms with Crippen molar-refractivity contribution in [3.8, 4) is 0 Å². The Hall–Kier alpha value is -2.22. The Labute approximate surface area is 395 Å². The number of hydrogen-bond acceptors (Lipinski definition) is 18. The molecule has 5 aliphatic carbocycles. The lowest BCUT2D eigenvalue weighted by Crippen LogP contribution is -2.67. The molecule has 8 aliphatic rings. The number of allylic oxidation sites excluding steroid dienone is 3. The molecule has 24 atom stereocenters. The Morgan fingerprint density at radius 2 is 1.21 bits per heavy atom. The van der Waals surface area contributed by atoms with Gasteiger partial charge in [0.2, 0.25) is 0 Å². The first-order valence-electron chi connectivity index (χ1n) is 24.1. The molecule has 0 aromatic carbocycles. The van der Waals surface area contributed by atoms with Gasteiger partial charge >= 0.3 is 11.9 Å². The number of ether oxygens (including phenoxy) is 6. The van der Waals surface area contributed by atoms with Crippen LogP contribution in [-0.2, 0) is 38.0 Å². The van der Waals surface area contributed by atoms with Gasteiger partial charge in [-0.15, -0.1) is 0 Å². The van der Waals surface area contributed by atoms with Crippen molar-refractivity contribution in [1.82, 2.24) is 0 Å². The van der Waals surface area contributed by atoms with Crippen LogP contribution < -0.4 is 0 Å². The fraction of sp³-hybridized carbons (Fsp3) is 0.875. The van der Waals surface area contributed by atoms with Crippen LogP contribution in [0.15, 0.2) is 23.8 Å². The summed E-state index contributed by atoms with van der Waals surface area (Å²) in [5.74, 6) is -2.84. The number of aliphatic hydroxyl groups excluding tert-OH is 10. The van der Waals surface area contributed by atoms with E-state index in [4.69, 9.17) is 28.4 Å². The number of aliphatic carboxylic acids is 2. The van der Waals surface area contributed by atoms with E-state index in [-0.39, 0.29) is 29.1 Å². The Balaban J connectivity index is 1.04. The topological polar surface area (TPSA) is 332 Å². The second-order valence-electron chi connectivity index (χ2n) is 23.1. The minimum absolute atomic E-state index is 0.0317. The molecule has 68 heavy (non-hydrogen) atoms. The highest BCUT2D eigenvalue weighted by Gasteiger charge is 2.70. The van der Waals surface area contributed by atoms with Gasteiger partial charge in [-0.3, -0.25) is 4.79 Å². The van der Waals surface area contributed by atoms with Crippen molar-refractivity contribution < 1.29 is 99.3 Å². The lowest BCUT2D eigenvalue weighted by atomic mass is 9.34. The molecule has 12 N–H and O–H groups in total. The summed E-state index contributed by atoms with van der Waals surface area (Å²) < 4.78 is 36.0. The molecule has 386 valence electrons. The summed E-state index contributed by atoms with van der Waals surface area (Å²) in [4.78, 5) is 25.9. The zero-order valence-corrected chi connectivity index (χ0v) is 39.8. The van der Waals surface area contributed by atoms with Gasteiger partial charge in [-0.05, 0) is 78.4 Å².